The predicted octanol–water partition coefficient (Wildman–Crippen LogP) is 3.41. The Labute approximate surface area is 195 Å². The first-order valence-electron chi connectivity index (χ1n) is 9.79. The number of halogens is 1. The Bertz CT molecular complexity index is 913. The Kier molecular flexibility index (Phi) is 10.3. The van der Waals surface area contributed by atoms with E-state index in [1.165, 1.54) is 5.56 Å². The number of ether oxygens (including phenoxy) is 1. The zero-order valence-corrected chi connectivity index (χ0v) is 19.7. The van der Waals surface area contributed by atoms with Crippen molar-refractivity contribution in [1.82, 2.24) is 25.4 Å². The van der Waals surface area contributed by atoms with Crippen LogP contribution in [0.25, 0.3) is 0 Å². The number of aromatic nitrogens is 3. The first-order chi connectivity index (χ1) is 14.3. The molecule has 2 N–H and O–H groups in total. The Balaban J connectivity index is 0.00000320. The molecule has 1 heterocycles. The number of rotatable bonds is 9. The van der Waals surface area contributed by atoms with Gasteiger partial charge in [0.15, 0.2) is 5.96 Å². The van der Waals surface area contributed by atoms with E-state index >= 15 is 0 Å². The van der Waals surface area contributed by atoms with Crippen molar-refractivity contribution in [1.29, 1.82) is 0 Å². The zero-order chi connectivity index (χ0) is 20.3. The quantitative estimate of drug-likeness (QED) is 0.257. The van der Waals surface area contributed by atoms with E-state index in [1.807, 2.05) is 44.3 Å². The SMILES string of the molecule is CCNC(=NCc1ccccc1COCc1ccccc1)NCc1ncnn1C.I. The third kappa shape index (κ3) is 7.42. The van der Waals surface area contributed by atoms with Gasteiger partial charge < -0.3 is 15.4 Å². The van der Waals surface area contributed by atoms with Crippen molar-refractivity contribution >= 4 is 29.9 Å². The summed E-state index contributed by atoms with van der Waals surface area (Å²) in [5.41, 5.74) is 3.47. The number of aliphatic imine (C=N–C) groups is 1. The summed E-state index contributed by atoms with van der Waals surface area (Å²) in [6.45, 7) is 5.12. The highest BCUT2D eigenvalue weighted by Gasteiger charge is 2.05. The van der Waals surface area contributed by atoms with E-state index in [4.69, 9.17) is 9.73 Å². The summed E-state index contributed by atoms with van der Waals surface area (Å²) in [6, 6.07) is 18.5. The third-order valence-corrected chi connectivity index (χ3v) is 4.46. The lowest BCUT2D eigenvalue weighted by atomic mass is 10.1. The second-order valence-electron chi connectivity index (χ2n) is 6.60. The van der Waals surface area contributed by atoms with Crippen LogP contribution in [0, 0.1) is 0 Å². The number of aryl methyl sites for hydroxylation is 1. The van der Waals surface area contributed by atoms with Crippen molar-refractivity contribution in [2.45, 2.75) is 33.2 Å². The normalized spacial score (nSPS) is 11.1. The molecule has 0 aliphatic heterocycles. The van der Waals surface area contributed by atoms with Crippen LogP contribution in [0.5, 0.6) is 0 Å². The third-order valence-electron chi connectivity index (χ3n) is 4.46. The molecule has 0 saturated carbocycles. The van der Waals surface area contributed by atoms with Gasteiger partial charge in [0.25, 0.3) is 0 Å². The number of hydrogen-bond donors (Lipinski definition) is 2. The molecule has 0 fully saturated rings. The largest absolute Gasteiger partial charge is 0.372 e. The molecule has 0 bridgehead atoms. The molecule has 0 saturated heterocycles. The number of nitrogens with zero attached hydrogens (tertiary/aromatic N) is 4. The van der Waals surface area contributed by atoms with Gasteiger partial charge in [0.1, 0.15) is 12.2 Å². The lowest BCUT2D eigenvalue weighted by Gasteiger charge is -2.12. The van der Waals surface area contributed by atoms with Crippen LogP contribution in [0.3, 0.4) is 0 Å². The maximum atomic E-state index is 5.91. The average Bonchev–Trinajstić information content (AvgIpc) is 3.16. The highest BCUT2D eigenvalue weighted by Crippen LogP contribution is 2.13. The van der Waals surface area contributed by atoms with E-state index in [1.54, 1.807) is 11.0 Å². The molecule has 0 aliphatic rings. The summed E-state index contributed by atoms with van der Waals surface area (Å²) in [5, 5.41) is 10.7. The highest BCUT2D eigenvalue weighted by molar-refractivity contribution is 14.0. The van der Waals surface area contributed by atoms with Crippen molar-refractivity contribution in [3.05, 3.63) is 83.4 Å². The van der Waals surface area contributed by atoms with Gasteiger partial charge in [-0.05, 0) is 23.6 Å². The molecule has 3 rings (SSSR count). The Morgan fingerprint density at radius 2 is 1.73 bits per heavy atom. The minimum atomic E-state index is 0. The summed E-state index contributed by atoms with van der Waals surface area (Å²) in [6.07, 6.45) is 1.55. The minimum absolute atomic E-state index is 0. The molecule has 0 spiro atoms. The topological polar surface area (TPSA) is 76.4 Å². The van der Waals surface area contributed by atoms with E-state index in [0.717, 1.165) is 29.5 Å². The van der Waals surface area contributed by atoms with Gasteiger partial charge in [-0.2, -0.15) is 5.10 Å². The summed E-state index contributed by atoms with van der Waals surface area (Å²) in [4.78, 5) is 8.95. The Hall–Kier alpha value is -2.46. The molecular formula is C22H29IN6O. The first-order valence-corrected chi connectivity index (χ1v) is 9.79. The van der Waals surface area contributed by atoms with Gasteiger partial charge in [-0.3, -0.25) is 4.68 Å². The molecule has 160 valence electrons. The summed E-state index contributed by atoms with van der Waals surface area (Å²) in [5.74, 6) is 1.60. The summed E-state index contributed by atoms with van der Waals surface area (Å²) in [7, 11) is 1.87. The van der Waals surface area contributed by atoms with Crippen LogP contribution in [0.4, 0.5) is 0 Å². The number of guanidine groups is 1. The van der Waals surface area contributed by atoms with Crippen LogP contribution in [-0.4, -0.2) is 27.3 Å². The van der Waals surface area contributed by atoms with Gasteiger partial charge in [0, 0.05) is 13.6 Å². The smallest absolute Gasteiger partial charge is 0.191 e. The highest BCUT2D eigenvalue weighted by atomic mass is 127. The molecule has 8 heteroatoms. The standard InChI is InChI=1S/C22H28N6O.HI/c1-3-23-22(25-14-21-26-17-27-28(21)2)24-13-19-11-7-8-12-20(19)16-29-15-18-9-5-4-6-10-18;/h4-12,17H,3,13-16H2,1-2H3,(H2,23,24,25);1H. The minimum Gasteiger partial charge on any atom is -0.372 e. The second-order valence-corrected chi connectivity index (χ2v) is 6.60. The van der Waals surface area contributed by atoms with Gasteiger partial charge >= 0.3 is 0 Å². The molecule has 1 aromatic heterocycles. The van der Waals surface area contributed by atoms with Crippen LogP contribution in [0.15, 0.2) is 65.9 Å². The van der Waals surface area contributed by atoms with Crippen molar-refractivity contribution in [2.24, 2.45) is 12.0 Å². The fraction of sp³-hybridized carbons (Fsp3) is 0.318. The number of benzene rings is 2. The molecule has 7 nitrogen and oxygen atoms in total. The molecule has 0 atom stereocenters. The number of nitrogens with one attached hydrogen (secondary N) is 2. The van der Waals surface area contributed by atoms with Gasteiger partial charge in [-0.15, -0.1) is 24.0 Å². The monoisotopic (exact) mass is 520 g/mol. The fourth-order valence-electron chi connectivity index (χ4n) is 2.85. The fourth-order valence-corrected chi connectivity index (χ4v) is 2.85. The van der Waals surface area contributed by atoms with E-state index < -0.39 is 0 Å². The van der Waals surface area contributed by atoms with Gasteiger partial charge in [-0.25, -0.2) is 9.98 Å². The molecule has 30 heavy (non-hydrogen) atoms. The van der Waals surface area contributed by atoms with Gasteiger partial charge in [0.2, 0.25) is 0 Å². The van der Waals surface area contributed by atoms with E-state index in [-0.39, 0.29) is 24.0 Å². The lowest BCUT2D eigenvalue weighted by molar-refractivity contribution is 0.106. The van der Waals surface area contributed by atoms with Crippen molar-refractivity contribution in [2.75, 3.05) is 6.54 Å². The van der Waals surface area contributed by atoms with Crippen LogP contribution in [0.1, 0.15) is 29.4 Å². The van der Waals surface area contributed by atoms with E-state index in [0.29, 0.717) is 26.3 Å². The van der Waals surface area contributed by atoms with Crippen molar-refractivity contribution < 1.29 is 4.74 Å². The van der Waals surface area contributed by atoms with Crippen LogP contribution >= 0.6 is 24.0 Å². The van der Waals surface area contributed by atoms with Crippen molar-refractivity contribution in [3.8, 4) is 0 Å². The van der Waals surface area contributed by atoms with Gasteiger partial charge in [-0.1, -0.05) is 54.6 Å². The molecule has 0 aliphatic carbocycles. The molecule has 3 aromatic rings. The van der Waals surface area contributed by atoms with E-state index in [9.17, 15) is 0 Å². The van der Waals surface area contributed by atoms with E-state index in [2.05, 4.69) is 45.0 Å². The average molecular weight is 520 g/mol. The molecule has 0 unspecified atom stereocenters. The maximum Gasteiger partial charge on any atom is 0.191 e. The molecular weight excluding hydrogens is 491 g/mol. The van der Waals surface area contributed by atoms with Crippen LogP contribution < -0.4 is 10.6 Å². The molecule has 0 amide bonds. The summed E-state index contributed by atoms with van der Waals surface area (Å²) >= 11 is 0. The molecule has 0 radical (unpaired) electrons. The Morgan fingerprint density at radius 3 is 2.43 bits per heavy atom. The maximum absolute atomic E-state index is 5.91. The van der Waals surface area contributed by atoms with Crippen molar-refractivity contribution in [3.63, 3.8) is 0 Å². The first kappa shape index (κ1) is 23.8. The number of hydrogen-bond acceptors (Lipinski definition) is 4. The predicted molar refractivity (Wildman–Crippen MR) is 129 cm³/mol. The second kappa shape index (κ2) is 13.0. The zero-order valence-electron chi connectivity index (χ0n) is 17.4. The van der Waals surface area contributed by atoms with Crippen LogP contribution in [0.2, 0.25) is 0 Å². The summed E-state index contributed by atoms with van der Waals surface area (Å²) < 4.78 is 7.66. The van der Waals surface area contributed by atoms with Gasteiger partial charge in [0.05, 0.1) is 26.3 Å². The Morgan fingerprint density at radius 1 is 1.00 bits per heavy atom. The lowest BCUT2D eigenvalue weighted by Crippen LogP contribution is -2.37. The molecule has 2 aromatic carbocycles. The van der Waals surface area contributed by atoms with Crippen LogP contribution in [-0.2, 0) is 38.1 Å².